The molecule has 1 N–H and O–H groups in total. The summed E-state index contributed by atoms with van der Waals surface area (Å²) in [7, 11) is -2.08. The van der Waals surface area contributed by atoms with E-state index in [4.69, 9.17) is 0 Å². The molecule has 0 unspecified atom stereocenters. The van der Waals surface area contributed by atoms with Crippen molar-refractivity contribution in [3.8, 4) is 11.5 Å². The molecule has 7 heteroatoms. The van der Waals surface area contributed by atoms with E-state index in [0.29, 0.717) is 27.8 Å². The third kappa shape index (κ3) is 5.69. The van der Waals surface area contributed by atoms with E-state index in [1.807, 2.05) is 32.0 Å². The predicted molar refractivity (Wildman–Crippen MR) is 136 cm³/mol. The molecule has 2 aromatic rings. The molecule has 0 saturated heterocycles. The average Bonchev–Trinajstić information content (AvgIpc) is 2.73. The highest BCUT2D eigenvalue weighted by molar-refractivity contribution is 6.90. The van der Waals surface area contributed by atoms with Gasteiger partial charge in [-0.15, -0.1) is 5.54 Å². The number of nitrogens with one attached hydrogen (secondary N) is 1. The van der Waals surface area contributed by atoms with Crippen LogP contribution in [-0.4, -0.2) is 23.9 Å². The number of carbonyl (C=O) groups is 1. The fraction of sp³-hybridized carbons (Fsp3) is 0.462. The maximum Gasteiger partial charge on any atom is 0.270 e. The van der Waals surface area contributed by atoms with Gasteiger partial charge in [-0.25, -0.2) is 0 Å². The first-order valence-corrected chi connectivity index (χ1v) is 13.6. The van der Waals surface area contributed by atoms with Crippen LogP contribution in [0.5, 0.6) is 0 Å². The van der Waals surface area contributed by atoms with Crippen LogP contribution in [0.15, 0.2) is 42.6 Å². The quantitative estimate of drug-likeness (QED) is 0.227. The van der Waals surface area contributed by atoms with E-state index in [1.54, 1.807) is 6.20 Å². The van der Waals surface area contributed by atoms with Gasteiger partial charge in [0.05, 0.1) is 21.7 Å². The first kappa shape index (κ1) is 26.3. The molecule has 176 valence electrons. The summed E-state index contributed by atoms with van der Waals surface area (Å²) in [5, 5.41) is 14.4. The van der Waals surface area contributed by atoms with Crippen LogP contribution in [-0.2, 0) is 5.54 Å². The minimum absolute atomic E-state index is 0.0780. The maximum absolute atomic E-state index is 13.3. The Morgan fingerprint density at radius 3 is 2.15 bits per heavy atom. The number of nitrogens with zero attached hydrogens (tertiary/aromatic N) is 2. The zero-order valence-electron chi connectivity index (χ0n) is 20.9. The monoisotopic (exact) mass is 465 g/mol. The second-order valence-corrected chi connectivity index (χ2v) is 15.5. The molecule has 0 radical (unpaired) electrons. The van der Waals surface area contributed by atoms with Gasteiger partial charge in [0.15, 0.2) is 0 Å². The van der Waals surface area contributed by atoms with Crippen LogP contribution in [0.25, 0.3) is 0 Å². The second-order valence-electron chi connectivity index (χ2n) is 9.93. The summed E-state index contributed by atoms with van der Waals surface area (Å²) >= 11 is 0. The molecule has 1 aromatic heterocycles. The largest absolute Gasteiger partial charge is 0.341 e. The summed E-state index contributed by atoms with van der Waals surface area (Å²) in [4.78, 5) is 28.6. The molecule has 0 saturated carbocycles. The van der Waals surface area contributed by atoms with E-state index in [-0.39, 0.29) is 11.6 Å². The molecular weight excluding hydrogens is 430 g/mol. The number of nitro benzene ring substituents is 1. The Balaban J connectivity index is 2.58. The third-order valence-corrected chi connectivity index (χ3v) is 12.8. The van der Waals surface area contributed by atoms with Gasteiger partial charge in [0.25, 0.3) is 11.6 Å². The number of non-ortho nitro benzene ring substituents is 1. The van der Waals surface area contributed by atoms with Gasteiger partial charge < -0.3 is 5.32 Å². The van der Waals surface area contributed by atoms with Crippen molar-refractivity contribution in [2.75, 3.05) is 0 Å². The zero-order chi connectivity index (χ0) is 25.0. The molecular formula is C26H35N3O3Si. The number of amides is 1. The van der Waals surface area contributed by atoms with E-state index in [0.717, 1.165) is 5.69 Å². The van der Waals surface area contributed by atoms with E-state index in [9.17, 15) is 14.9 Å². The van der Waals surface area contributed by atoms with Crippen LogP contribution in [0.4, 0.5) is 5.69 Å². The first-order valence-electron chi connectivity index (χ1n) is 11.4. The Bertz CT molecular complexity index is 1050. The highest BCUT2D eigenvalue weighted by Crippen LogP contribution is 2.40. The number of carbonyl (C=O) groups excluding carboxylic acids is 1. The number of hydrogen-bond donors (Lipinski definition) is 1. The molecule has 0 fully saturated rings. The van der Waals surface area contributed by atoms with E-state index >= 15 is 0 Å². The second kappa shape index (κ2) is 10.3. The van der Waals surface area contributed by atoms with E-state index in [2.05, 4.69) is 63.3 Å². The number of pyridine rings is 1. The number of hydrogen-bond acceptors (Lipinski definition) is 4. The van der Waals surface area contributed by atoms with E-state index in [1.165, 1.54) is 18.2 Å². The smallest absolute Gasteiger partial charge is 0.270 e. The van der Waals surface area contributed by atoms with Crippen molar-refractivity contribution in [1.29, 1.82) is 0 Å². The average molecular weight is 466 g/mol. The van der Waals surface area contributed by atoms with Gasteiger partial charge in [-0.1, -0.05) is 53.5 Å². The molecule has 1 heterocycles. The topological polar surface area (TPSA) is 85.1 Å². The Morgan fingerprint density at radius 2 is 1.67 bits per heavy atom. The summed E-state index contributed by atoms with van der Waals surface area (Å²) in [5.41, 5.74) is 5.43. The van der Waals surface area contributed by atoms with Crippen LogP contribution in [0.1, 0.15) is 77.0 Å². The van der Waals surface area contributed by atoms with Crippen LogP contribution in [0.2, 0.25) is 16.6 Å². The molecule has 0 bridgehead atoms. The van der Waals surface area contributed by atoms with Crippen molar-refractivity contribution in [2.45, 2.75) is 77.6 Å². The molecule has 1 aromatic carbocycles. The number of rotatable bonds is 7. The van der Waals surface area contributed by atoms with E-state index < -0.39 is 18.5 Å². The molecule has 0 aliphatic heterocycles. The SMILES string of the molecule is CC(C)[Si](C#Cc1cc([N+](=O)[O-])ccc1C(=O)NC(C)(C)c1ccccn1)(C(C)C)C(C)C. The van der Waals surface area contributed by atoms with Gasteiger partial charge in [-0.05, 0) is 48.7 Å². The molecule has 0 aliphatic rings. The summed E-state index contributed by atoms with van der Waals surface area (Å²) in [6, 6.07) is 9.80. The van der Waals surface area contributed by atoms with Gasteiger partial charge in [-0.2, -0.15) is 0 Å². The fourth-order valence-electron chi connectivity index (χ4n) is 4.70. The van der Waals surface area contributed by atoms with Crippen molar-refractivity contribution in [3.05, 3.63) is 69.5 Å². The minimum Gasteiger partial charge on any atom is -0.341 e. The van der Waals surface area contributed by atoms with Crippen molar-refractivity contribution >= 4 is 19.7 Å². The lowest BCUT2D eigenvalue weighted by atomic mass is 9.98. The lowest BCUT2D eigenvalue weighted by Gasteiger charge is -2.38. The molecule has 0 atom stereocenters. The Morgan fingerprint density at radius 1 is 1.06 bits per heavy atom. The van der Waals surface area contributed by atoms with Gasteiger partial charge in [0, 0.05) is 23.9 Å². The van der Waals surface area contributed by atoms with Crippen molar-refractivity contribution in [3.63, 3.8) is 0 Å². The van der Waals surface area contributed by atoms with Gasteiger partial charge in [0.1, 0.15) is 8.07 Å². The number of aromatic nitrogens is 1. The Labute approximate surface area is 198 Å². The lowest BCUT2D eigenvalue weighted by molar-refractivity contribution is -0.384. The predicted octanol–water partition coefficient (Wildman–Crippen LogP) is 6.22. The van der Waals surface area contributed by atoms with Crippen molar-refractivity contribution in [2.24, 2.45) is 0 Å². The lowest BCUT2D eigenvalue weighted by Crippen LogP contribution is -2.43. The van der Waals surface area contributed by atoms with Crippen molar-refractivity contribution < 1.29 is 9.72 Å². The molecule has 6 nitrogen and oxygen atoms in total. The molecule has 1 amide bonds. The Hall–Kier alpha value is -2.98. The molecule has 0 aliphatic carbocycles. The third-order valence-electron chi connectivity index (χ3n) is 6.47. The minimum atomic E-state index is -2.08. The highest BCUT2D eigenvalue weighted by Gasteiger charge is 2.41. The normalized spacial score (nSPS) is 12.0. The zero-order valence-corrected chi connectivity index (χ0v) is 21.9. The van der Waals surface area contributed by atoms with Gasteiger partial charge >= 0.3 is 0 Å². The maximum atomic E-state index is 13.3. The summed E-state index contributed by atoms with van der Waals surface area (Å²) < 4.78 is 0. The fourth-order valence-corrected chi connectivity index (χ4v) is 9.92. The summed E-state index contributed by atoms with van der Waals surface area (Å²) in [6.45, 7) is 17.0. The van der Waals surface area contributed by atoms with Crippen molar-refractivity contribution in [1.82, 2.24) is 10.3 Å². The van der Waals surface area contributed by atoms with Gasteiger partial charge in [0.2, 0.25) is 0 Å². The van der Waals surface area contributed by atoms with Crippen LogP contribution >= 0.6 is 0 Å². The van der Waals surface area contributed by atoms with Crippen LogP contribution in [0.3, 0.4) is 0 Å². The van der Waals surface area contributed by atoms with Gasteiger partial charge in [-0.3, -0.25) is 19.9 Å². The number of benzene rings is 1. The standard InChI is InChI=1S/C26H35N3O3Si/c1-18(2)33(19(3)4,20(5)6)16-14-21-17-22(29(31)32)12-13-23(21)25(30)28-26(7,8)24-11-9-10-15-27-24/h9-13,15,17-20H,1-8H3,(H,28,30). The Kier molecular flexibility index (Phi) is 8.20. The molecule has 0 spiro atoms. The summed E-state index contributed by atoms with van der Waals surface area (Å²) in [5.74, 6) is 2.89. The first-order chi connectivity index (χ1) is 15.3. The number of nitro groups is 1. The van der Waals surface area contributed by atoms with Crippen LogP contribution in [0, 0.1) is 21.6 Å². The highest BCUT2D eigenvalue weighted by atomic mass is 28.3. The molecule has 33 heavy (non-hydrogen) atoms. The van der Waals surface area contributed by atoms with Crippen LogP contribution < -0.4 is 5.32 Å². The molecule has 2 rings (SSSR count). The summed E-state index contributed by atoms with van der Waals surface area (Å²) in [6.07, 6.45) is 1.68.